The molecule has 0 fully saturated rings. The zero-order valence-corrected chi connectivity index (χ0v) is 11.7. The molecule has 2 aromatic rings. The van der Waals surface area contributed by atoms with Crippen LogP contribution in [0.25, 0.3) is 0 Å². The minimum atomic E-state index is 0.178. The van der Waals surface area contributed by atoms with Gasteiger partial charge in [-0.05, 0) is 41.8 Å². The Kier molecular flexibility index (Phi) is 5.44. The van der Waals surface area contributed by atoms with Crippen molar-refractivity contribution in [2.24, 2.45) is 0 Å². The molecule has 0 saturated carbocycles. The minimum absolute atomic E-state index is 0.178. The van der Waals surface area contributed by atoms with Crippen molar-refractivity contribution in [1.82, 2.24) is 0 Å². The van der Waals surface area contributed by atoms with Crippen molar-refractivity contribution in [1.29, 1.82) is 0 Å². The van der Waals surface area contributed by atoms with Gasteiger partial charge in [0.1, 0.15) is 11.5 Å². The molecule has 2 aromatic carbocycles. The number of methoxy groups -OCH3 is 1. The summed E-state index contributed by atoms with van der Waals surface area (Å²) in [6.07, 6.45) is 1.55. The van der Waals surface area contributed by atoms with E-state index in [-0.39, 0.29) is 6.61 Å². The molecule has 0 atom stereocenters. The van der Waals surface area contributed by atoms with Crippen LogP contribution in [-0.4, -0.2) is 25.4 Å². The molecule has 20 heavy (non-hydrogen) atoms. The Balaban J connectivity index is 1.79. The molecule has 0 radical (unpaired) electrons. The summed E-state index contributed by atoms with van der Waals surface area (Å²) in [6.45, 7) is 0.823. The third-order valence-corrected chi connectivity index (χ3v) is 3.14. The number of aliphatic hydroxyl groups excluding tert-OH is 1. The molecular weight excluding hydrogens is 252 g/mol. The van der Waals surface area contributed by atoms with Gasteiger partial charge in [-0.3, -0.25) is 0 Å². The maximum atomic E-state index is 8.85. The second-order valence-electron chi connectivity index (χ2n) is 4.56. The summed E-state index contributed by atoms with van der Waals surface area (Å²) in [5, 5.41) is 8.85. The van der Waals surface area contributed by atoms with E-state index in [1.54, 1.807) is 7.11 Å². The third kappa shape index (κ3) is 4.28. The molecule has 3 heteroatoms. The smallest absolute Gasteiger partial charge is 0.119 e. The van der Waals surface area contributed by atoms with Crippen LogP contribution in [-0.2, 0) is 12.8 Å². The number of benzene rings is 2. The maximum absolute atomic E-state index is 8.85. The molecule has 0 aliphatic heterocycles. The summed E-state index contributed by atoms with van der Waals surface area (Å²) in [6, 6.07) is 15.9. The Morgan fingerprint density at radius 3 is 1.90 bits per heavy atom. The molecule has 0 spiro atoms. The molecule has 0 heterocycles. The fourth-order valence-electron chi connectivity index (χ4n) is 1.96. The average molecular weight is 272 g/mol. The van der Waals surface area contributed by atoms with E-state index in [4.69, 9.17) is 14.6 Å². The zero-order chi connectivity index (χ0) is 14.2. The van der Waals surface area contributed by atoms with Gasteiger partial charge in [-0.1, -0.05) is 24.3 Å². The lowest BCUT2D eigenvalue weighted by molar-refractivity contribution is 0.299. The van der Waals surface area contributed by atoms with E-state index in [0.717, 1.165) is 23.5 Å². The first-order valence-corrected chi connectivity index (χ1v) is 6.77. The van der Waals surface area contributed by atoms with Crippen molar-refractivity contribution >= 4 is 0 Å². The van der Waals surface area contributed by atoms with E-state index in [0.29, 0.717) is 13.0 Å². The van der Waals surface area contributed by atoms with Crippen molar-refractivity contribution in [3.8, 4) is 11.5 Å². The van der Waals surface area contributed by atoms with Crippen LogP contribution < -0.4 is 9.47 Å². The number of ether oxygens (including phenoxy) is 2. The monoisotopic (exact) mass is 272 g/mol. The van der Waals surface area contributed by atoms with Gasteiger partial charge in [0.15, 0.2) is 0 Å². The van der Waals surface area contributed by atoms with Gasteiger partial charge >= 0.3 is 0 Å². The summed E-state index contributed by atoms with van der Waals surface area (Å²) in [4.78, 5) is 0. The molecule has 3 nitrogen and oxygen atoms in total. The van der Waals surface area contributed by atoms with Crippen molar-refractivity contribution < 1.29 is 14.6 Å². The van der Waals surface area contributed by atoms with Gasteiger partial charge in [0, 0.05) is 13.0 Å². The lowest BCUT2D eigenvalue weighted by Gasteiger charge is -2.07. The third-order valence-electron chi connectivity index (χ3n) is 3.14. The van der Waals surface area contributed by atoms with E-state index in [1.807, 2.05) is 48.5 Å². The van der Waals surface area contributed by atoms with Crippen LogP contribution in [0.15, 0.2) is 48.5 Å². The quantitative estimate of drug-likeness (QED) is 0.842. The van der Waals surface area contributed by atoms with Gasteiger partial charge in [0.2, 0.25) is 0 Å². The molecular formula is C17H20O3. The largest absolute Gasteiger partial charge is 0.497 e. The molecule has 0 aliphatic carbocycles. The second kappa shape index (κ2) is 7.56. The van der Waals surface area contributed by atoms with Crippen LogP contribution in [0.4, 0.5) is 0 Å². The van der Waals surface area contributed by atoms with Crippen molar-refractivity contribution in [3.05, 3.63) is 59.7 Å². The first-order valence-electron chi connectivity index (χ1n) is 6.77. The first kappa shape index (κ1) is 14.4. The summed E-state index contributed by atoms with van der Waals surface area (Å²) in [5.41, 5.74) is 2.35. The first-order chi connectivity index (χ1) is 9.81. The average Bonchev–Trinajstić information content (AvgIpc) is 2.50. The Labute approximate surface area is 119 Å². The molecule has 106 valence electrons. The van der Waals surface area contributed by atoms with Crippen LogP contribution in [0.1, 0.15) is 11.1 Å². The maximum Gasteiger partial charge on any atom is 0.119 e. The lowest BCUT2D eigenvalue weighted by Crippen LogP contribution is -2.01. The van der Waals surface area contributed by atoms with E-state index < -0.39 is 0 Å². The van der Waals surface area contributed by atoms with Crippen molar-refractivity contribution in [2.75, 3.05) is 20.3 Å². The highest BCUT2D eigenvalue weighted by Crippen LogP contribution is 2.14. The van der Waals surface area contributed by atoms with Crippen LogP contribution in [0.2, 0.25) is 0 Å². The fourth-order valence-corrected chi connectivity index (χ4v) is 1.96. The fraction of sp³-hybridized carbons (Fsp3) is 0.294. The Morgan fingerprint density at radius 1 is 0.800 bits per heavy atom. The predicted octanol–water partition coefficient (Wildman–Crippen LogP) is 2.85. The van der Waals surface area contributed by atoms with E-state index in [2.05, 4.69) is 0 Å². The molecule has 0 aliphatic rings. The lowest BCUT2D eigenvalue weighted by atomic mass is 10.1. The molecule has 0 unspecified atom stereocenters. The van der Waals surface area contributed by atoms with Crippen molar-refractivity contribution in [2.45, 2.75) is 12.8 Å². The number of hydrogen-bond donors (Lipinski definition) is 1. The summed E-state index contributed by atoms with van der Waals surface area (Å²) >= 11 is 0. The van der Waals surface area contributed by atoms with E-state index in [9.17, 15) is 0 Å². The molecule has 0 bridgehead atoms. The molecule has 2 rings (SSSR count). The summed E-state index contributed by atoms with van der Waals surface area (Å²) in [5.74, 6) is 1.73. The normalized spacial score (nSPS) is 10.3. The summed E-state index contributed by atoms with van der Waals surface area (Å²) < 4.78 is 10.8. The Hall–Kier alpha value is -2.00. The highest BCUT2D eigenvalue weighted by molar-refractivity contribution is 5.28. The molecule has 0 amide bonds. The van der Waals surface area contributed by atoms with Crippen LogP contribution in [0.5, 0.6) is 11.5 Å². The van der Waals surface area contributed by atoms with Gasteiger partial charge in [-0.15, -0.1) is 0 Å². The Bertz CT molecular complexity index is 503. The number of rotatable bonds is 7. The SMILES string of the molecule is COc1ccc(CCOc2ccc(CCO)cc2)cc1. The van der Waals surface area contributed by atoms with Crippen LogP contribution in [0.3, 0.4) is 0 Å². The van der Waals surface area contributed by atoms with Crippen LogP contribution >= 0.6 is 0 Å². The molecule has 0 saturated heterocycles. The van der Waals surface area contributed by atoms with E-state index >= 15 is 0 Å². The number of aliphatic hydroxyl groups is 1. The minimum Gasteiger partial charge on any atom is -0.497 e. The van der Waals surface area contributed by atoms with Crippen molar-refractivity contribution in [3.63, 3.8) is 0 Å². The molecule has 1 N–H and O–H groups in total. The number of hydrogen-bond acceptors (Lipinski definition) is 3. The van der Waals surface area contributed by atoms with Gasteiger partial charge < -0.3 is 14.6 Å². The standard InChI is InChI=1S/C17H20O3/c1-19-16-6-2-15(3-7-16)11-13-20-17-8-4-14(5-9-17)10-12-18/h2-9,18H,10-13H2,1H3. The second-order valence-corrected chi connectivity index (χ2v) is 4.56. The molecule has 0 aromatic heterocycles. The highest BCUT2D eigenvalue weighted by Gasteiger charge is 1.98. The van der Waals surface area contributed by atoms with Gasteiger partial charge in [-0.2, -0.15) is 0 Å². The highest BCUT2D eigenvalue weighted by atomic mass is 16.5. The zero-order valence-electron chi connectivity index (χ0n) is 11.7. The van der Waals surface area contributed by atoms with Crippen LogP contribution in [0, 0.1) is 0 Å². The van der Waals surface area contributed by atoms with Gasteiger partial charge in [0.05, 0.1) is 13.7 Å². The van der Waals surface area contributed by atoms with E-state index in [1.165, 1.54) is 5.56 Å². The van der Waals surface area contributed by atoms with Gasteiger partial charge in [0.25, 0.3) is 0 Å². The summed E-state index contributed by atoms with van der Waals surface area (Å²) in [7, 11) is 1.67. The Morgan fingerprint density at radius 2 is 1.35 bits per heavy atom. The predicted molar refractivity (Wildman–Crippen MR) is 79.4 cm³/mol. The topological polar surface area (TPSA) is 38.7 Å². The van der Waals surface area contributed by atoms with Gasteiger partial charge in [-0.25, -0.2) is 0 Å².